The average Bonchev–Trinajstić information content (AvgIpc) is 3.00. The first-order valence-electron chi connectivity index (χ1n) is 8.61. The fraction of sp³-hybridized carbons (Fsp3) is 0.143. The molecule has 0 radical (unpaired) electrons. The Morgan fingerprint density at radius 1 is 1.38 bits per heavy atom. The van der Waals surface area contributed by atoms with E-state index in [0.717, 1.165) is 11.8 Å². The van der Waals surface area contributed by atoms with Crippen molar-refractivity contribution in [1.29, 1.82) is 0 Å². The zero-order valence-corrected chi connectivity index (χ0v) is 16.7. The van der Waals surface area contributed by atoms with Crippen LogP contribution in [0.5, 0.6) is 11.5 Å². The van der Waals surface area contributed by atoms with Crippen LogP contribution < -0.4 is 4.94 Å². The van der Waals surface area contributed by atoms with E-state index in [0.29, 0.717) is 16.2 Å². The Morgan fingerprint density at radius 3 is 2.72 bits per heavy atom. The number of halogens is 1. The van der Waals surface area contributed by atoms with E-state index in [1.54, 1.807) is 38.2 Å². The van der Waals surface area contributed by atoms with Gasteiger partial charge in [-0.1, -0.05) is 42.6 Å². The fourth-order valence-corrected chi connectivity index (χ4v) is 3.35. The number of aromatic hydroxyl groups is 1. The van der Waals surface area contributed by atoms with Crippen molar-refractivity contribution in [3.8, 4) is 11.5 Å². The highest BCUT2D eigenvalue weighted by molar-refractivity contribution is 8.18. The molecule has 2 rings (SSSR count). The van der Waals surface area contributed by atoms with Crippen molar-refractivity contribution in [2.45, 2.75) is 13.8 Å². The van der Waals surface area contributed by atoms with E-state index >= 15 is 0 Å². The monoisotopic (exact) mass is 417 g/mol. The third-order valence-electron chi connectivity index (χ3n) is 3.66. The number of hydrogen-bond acceptors (Lipinski definition) is 7. The molecule has 0 amide bonds. The quantitative estimate of drug-likeness (QED) is 0.470. The molecule has 0 aliphatic carbocycles. The summed E-state index contributed by atoms with van der Waals surface area (Å²) in [5, 5.41) is 20.6. The number of nitrogens with zero attached hydrogens (tertiary/aromatic N) is 1. The van der Waals surface area contributed by atoms with Gasteiger partial charge in [0.05, 0.1) is 17.2 Å². The van der Waals surface area contributed by atoms with Gasteiger partial charge in [-0.3, -0.25) is 4.94 Å². The van der Waals surface area contributed by atoms with Crippen molar-refractivity contribution in [2.24, 2.45) is 4.99 Å². The number of benzene rings is 1. The number of phenols is 1. The van der Waals surface area contributed by atoms with E-state index in [4.69, 9.17) is 4.74 Å². The van der Waals surface area contributed by atoms with E-state index in [1.807, 2.05) is 0 Å². The lowest BCUT2D eigenvalue weighted by molar-refractivity contribution is -0.138. The SMILES string of the molecule is C=C/C=C\C(=C/C)N=C1S/C(=C\c2ccc(OF)c(O)c2)C(O)=C1C(=O)OCC. The highest BCUT2D eigenvalue weighted by atomic mass is 32.2. The summed E-state index contributed by atoms with van der Waals surface area (Å²) < 4.78 is 17.3. The number of phenolic OH excluding ortho intramolecular Hbond substituents is 1. The Morgan fingerprint density at radius 2 is 2.14 bits per heavy atom. The van der Waals surface area contributed by atoms with Crippen molar-refractivity contribution in [1.82, 2.24) is 0 Å². The first-order chi connectivity index (χ1) is 13.9. The number of carbonyl (C=O) groups excluding carboxylic acids is 1. The van der Waals surface area contributed by atoms with E-state index in [2.05, 4.69) is 16.5 Å². The molecule has 0 bridgehead atoms. The second-order valence-electron chi connectivity index (χ2n) is 5.58. The van der Waals surface area contributed by atoms with E-state index in [9.17, 15) is 19.5 Å². The van der Waals surface area contributed by atoms with Crippen molar-refractivity contribution in [3.63, 3.8) is 0 Å². The molecule has 29 heavy (non-hydrogen) atoms. The minimum Gasteiger partial charge on any atom is -0.506 e. The maximum Gasteiger partial charge on any atom is 0.344 e. The van der Waals surface area contributed by atoms with Crippen molar-refractivity contribution in [3.05, 3.63) is 76.6 Å². The van der Waals surface area contributed by atoms with Gasteiger partial charge in [0.15, 0.2) is 5.75 Å². The number of aliphatic hydroxyl groups excluding tert-OH is 1. The molecule has 0 atom stereocenters. The lowest BCUT2D eigenvalue weighted by Gasteiger charge is -2.04. The van der Waals surface area contributed by atoms with Crippen LogP contribution in [0.15, 0.2) is 76.0 Å². The van der Waals surface area contributed by atoms with Crippen LogP contribution in [0.25, 0.3) is 6.08 Å². The van der Waals surface area contributed by atoms with Gasteiger partial charge in [0.2, 0.25) is 5.75 Å². The predicted molar refractivity (Wildman–Crippen MR) is 112 cm³/mol. The number of esters is 1. The molecule has 6 nitrogen and oxygen atoms in total. The molecule has 1 aromatic carbocycles. The number of ether oxygens (including phenoxy) is 1. The molecule has 0 aromatic heterocycles. The summed E-state index contributed by atoms with van der Waals surface area (Å²) in [6.45, 7) is 7.19. The summed E-state index contributed by atoms with van der Waals surface area (Å²) in [6.07, 6.45) is 8.26. The zero-order chi connectivity index (χ0) is 21.4. The Bertz CT molecular complexity index is 960. The lowest BCUT2D eigenvalue weighted by atomic mass is 10.1. The molecule has 1 aliphatic rings. The standard InChI is InChI=1S/C21H20FNO5S/c1-4-7-8-14(5-2)23-20-18(21(26)27-6-3)19(25)17(29-20)12-13-9-10-16(28-22)15(24)11-13/h4-5,7-12,24-25H,1,6H2,2-3H3/b8-7-,14-5+,17-12-,23-20?. The van der Waals surface area contributed by atoms with Crippen LogP contribution in [0.2, 0.25) is 0 Å². The highest BCUT2D eigenvalue weighted by Crippen LogP contribution is 2.40. The molecular formula is C21H20FNO5S. The van der Waals surface area contributed by atoms with Crippen molar-refractivity contribution in [2.75, 3.05) is 6.61 Å². The third kappa shape index (κ3) is 5.39. The minimum absolute atomic E-state index is 0.0533. The Kier molecular flexibility index (Phi) is 7.85. The molecule has 0 fully saturated rings. The van der Waals surface area contributed by atoms with Crippen LogP contribution in [0.4, 0.5) is 4.53 Å². The van der Waals surface area contributed by atoms with Gasteiger partial charge >= 0.3 is 5.97 Å². The maximum absolute atomic E-state index is 12.4. The third-order valence-corrected chi connectivity index (χ3v) is 4.68. The number of thioether (sulfide) groups is 1. The van der Waals surface area contributed by atoms with Crippen LogP contribution in [-0.2, 0) is 9.53 Å². The molecule has 1 heterocycles. The number of carbonyl (C=O) groups is 1. The van der Waals surface area contributed by atoms with Crippen LogP contribution in [-0.4, -0.2) is 27.8 Å². The van der Waals surface area contributed by atoms with Gasteiger partial charge in [0.25, 0.3) is 0 Å². The fourth-order valence-electron chi connectivity index (χ4n) is 2.31. The lowest BCUT2D eigenvalue weighted by Crippen LogP contribution is -2.13. The van der Waals surface area contributed by atoms with E-state index in [-0.39, 0.29) is 28.7 Å². The Labute approximate surface area is 172 Å². The van der Waals surface area contributed by atoms with Crippen LogP contribution in [0.1, 0.15) is 19.4 Å². The molecule has 0 saturated carbocycles. The topological polar surface area (TPSA) is 88.4 Å². The van der Waals surface area contributed by atoms with Gasteiger partial charge in [0, 0.05) is 4.53 Å². The van der Waals surface area contributed by atoms with Crippen LogP contribution >= 0.6 is 11.8 Å². The van der Waals surface area contributed by atoms with Crippen LogP contribution in [0, 0.1) is 0 Å². The van der Waals surface area contributed by atoms with Crippen molar-refractivity contribution < 1.29 is 29.2 Å². The Balaban J connectivity index is 2.51. The van der Waals surface area contributed by atoms with Crippen LogP contribution in [0.3, 0.4) is 0 Å². The second-order valence-corrected chi connectivity index (χ2v) is 6.62. The molecule has 1 aliphatic heterocycles. The Hall–Kier alpha value is -3.26. The summed E-state index contributed by atoms with van der Waals surface area (Å²) in [5.74, 6) is -1.72. The first kappa shape index (κ1) is 22.0. The summed E-state index contributed by atoms with van der Waals surface area (Å²) in [5.41, 5.74) is 0.965. The number of hydrogen-bond donors (Lipinski definition) is 2. The zero-order valence-electron chi connectivity index (χ0n) is 15.9. The summed E-state index contributed by atoms with van der Waals surface area (Å²) in [6, 6.07) is 3.99. The minimum atomic E-state index is -0.702. The normalized spacial score (nSPS) is 17.4. The second kappa shape index (κ2) is 10.3. The van der Waals surface area contributed by atoms with Gasteiger partial charge in [-0.05, 0) is 43.7 Å². The smallest absolute Gasteiger partial charge is 0.344 e. The first-order valence-corrected chi connectivity index (χ1v) is 9.43. The molecule has 0 spiro atoms. The summed E-state index contributed by atoms with van der Waals surface area (Å²) in [7, 11) is 0. The molecule has 2 N–H and O–H groups in total. The number of aliphatic imine (C=N–C) groups is 1. The number of rotatable bonds is 7. The molecule has 152 valence electrons. The van der Waals surface area contributed by atoms with E-state index < -0.39 is 11.7 Å². The van der Waals surface area contributed by atoms with Gasteiger partial charge < -0.3 is 14.9 Å². The van der Waals surface area contributed by atoms with Crippen molar-refractivity contribution >= 4 is 28.9 Å². The van der Waals surface area contributed by atoms with E-state index in [1.165, 1.54) is 24.3 Å². The predicted octanol–water partition coefficient (Wildman–Crippen LogP) is 5.16. The van der Waals surface area contributed by atoms with Gasteiger partial charge in [-0.15, -0.1) is 0 Å². The maximum atomic E-state index is 12.4. The summed E-state index contributed by atoms with van der Waals surface area (Å²) >= 11 is 1.07. The number of aliphatic hydroxyl groups is 1. The molecule has 0 saturated heterocycles. The van der Waals surface area contributed by atoms with Gasteiger partial charge in [0.1, 0.15) is 16.4 Å². The molecule has 1 aromatic rings. The average molecular weight is 417 g/mol. The van der Waals surface area contributed by atoms with Gasteiger partial charge in [-0.2, -0.15) is 0 Å². The largest absolute Gasteiger partial charge is 0.506 e. The summed E-state index contributed by atoms with van der Waals surface area (Å²) in [4.78, 5) is 20.7. The molecule has 8 heteroatoms. The van der Waals surface area contributed by atoms with Gasteiger partial charge in [-0.25, -0.2) is 9.79 Å². The molecule has 0 unspecified atom stereocenters. The highest BCUT2D eigenvalue weighted by Gasteiger charge is 2.33. The molecular weight excluding hydrogens is 397 g/mol. The number of allylic oxidation sites excluding steroid dienone is 4.